The van der Waals surface area contributed by atoms with E-state index in [1.165, 1.54) is 0 Å². The van der Waals surface area contributed by atoms with E-state index in [-0.39, 0.29) is 0 Å². The molecule has 0 aliphatic carbocycles. The molecule has 0 N–H and O–H groups in total. The number of pyridine rings is 1. The van der Waals surface area contributed by atoms with Gasteiger partial charge in [0.15, 0.2) is 0 Å². The fourth-order valence-electron chi connectivity index (χ4n) is 1.83. The second-order valence-electron chi connectivity index (χ2n) is 3.80. The van der Waals surface area contributed by atoms with Crippen molar-refractivity contribution in [1.82, 2.24) is 4.98 Å². The highest BCUT2D eigenvalue weighted by molar-refractivity contribution is 5.77. The predicted octanol–water partition coefficient (Wildman–Crippen LogP) is 4.31. The average molecular weight is 224 g/mol. The van der Waals surface area contributed by atoms with E-state index >= 15 is 0 Å². The summed E-state index contributed by atoms with van der Waals surface area (Å²) in [4.78, 5) is 7.18. The number of hydrogen-bond acceptors (Lipinski definition) is 2. The number of benzene rings is 1. The van der Waals surface area contributed by atoms with Gasteiger partial charge in [0.2, 0.25) is 0 Å². The van der Waals surface area contributed by atoms with Crippen LogP contribution < -0.4 is 0 Å². The molecule has 0 aliphatic rings. The maximum atomic E-state index is 8.62. The maximum Gasteiger partial charge on any atom is 0.0666 e. The smallest absolute Gasteiger partial charge is 0.0666 e. The fraction of sp³-hybridized carbons (Fsp3) is 0.154. The van der Waals surface area contributed by atoms with Crippen molar-refractivity contribution >= 4 is 5.69 Å². The average Bonchev–Trinajstić information content (AvgIpc) is 2.33. The Morgan fingerprint density at radius 1 is 1.18 bits per heavy atom. The summed E-state index contributed by atoms with van der Waals surface area (Å²) in [5.41, 5.74) is 12.8. The van der Waals surface area contributed by atoms with Crippen LogP contribution in [-0.2, 0) is 0 Å². The number of aromatic nitrogens is 1. The van der Waals surface area contributed by atoms with Crippen LogP contribution in [0.1, 0.15) is 11.4 Å². The van der Waals surface area contributed by atoms with Crippen molar-refractivity contribution in [2.24, 2.45) is 5.11 Å². The van der Waals surface area contributed by atoms with E-state index < -0.39 is 0 Å². The first-order valence-corrected chi connectivity index (χ1v) is 5.31. The lowest BCUT2D eigenvalue weighted by atomic mass is 10.0. The summed E-state index contributed by atoms with van der Waals surface area (Å²) in [7, 11) is 0. The first kappa shape index (κ1) is 11.2. The number of nitrogens with zero attached hydrogens (tertiary/aromatic N) is 4. The van der Waals surface area contributed by atoms with Crippen LogP contribution >= 0.6 is 0 Å². The van der Waals surface area contributed by atoms with E-state index in [1.54, 1.807) is 0 Å². The van der Waals surface area contributed by atoms with Crippen molar-refractivity contribution in [2.45, 2.75) is 13.8 Å². The molecule has 0 unspecified atom stereocenters. The lowest BCUT2D eigenvalue weighted by Gasteiger charge is -2.09. The van der Waals surface area contributed by atoms with E-state index in [0.717, 1.165) is 22.5 Å². The fourth-order valence-corrected chi connectivity index (χ4v) is 1.83. The SMILES string of the molecule is Cc1cc(-c2ccccc2)c(N=[N+]=[N-])c(C)n1. The number of azide groups is 1. The number of rotatable bonds is 2. The Hall–Kier alpha value is -2.32. The van der Waals surface area contributed by atoms with E-state index in [2.05, 4.69) is 15.0 Å². The van der Waals surface area contributed by atoms with Crippen LogP contribution in [0, 0.1) is 13.8 Å². The molecule has 0 fully saturated rings. The molecular formula is C13H12N4. The monoisotopic (exact) mass is 224 g/mol. The van der Waals surface area contributed by atoms with Crippen molar-refractivity contribution in [2.75, 3.05) is 0 Å². The minimum absolute atomic E-state index is 0.601. The molecule has 0 amide bonds. The van der Waals surface area contributed by atoms with Gasteiger partial charge in [-0.3, -0.25) is 4.98 Å². The van der Waals surface area contributed by atoms with Gasteiger partial charge in [-0.15, -0.1) is 0 Å². The molecule has 0 bridgehead atoms. The van der Waals surface area contributed by atoms with Crippen molar-refractivity contribution in [1.29, 1.82) is 0 Å². The zero-order valence-corrected chi connectivity index (χ0v) is 9.75. The molecule has 0 spiro atoms. The molecule has 1 heterocycles. The van der Waals surface area contributed by atoms with E-state index in [9.17, 15) is 0 Å². The van der Waals surface area contributed by atoms with Crippen molar-refractivity contribution < 1.29 is 0 Å². The Morgan fingerprint density at radius 3 is 2.53 bits per heavy atom. The summed E-state index contributed by atoms with van der Waals surface area (Å²) >= 11 is 0. The molecule has 17 heavy (non-hydrogen) atoms. The molecule has 0 radical (unpaired) electrons. The van der Waals surface area contributed by atoms with Gasteiger partial charge in [0.05, 0.1) is 5.69 Å². The molecule has 2 aromatic rings. The van der Waals surface area contributed by atoms with Gasteiger partial charge < -0.3 is 0 Å². The highest BCUT2D eigenvalue weighted by Crippen LogP contribution is 2.32. The topological polar surface area (TPSA) is 61.7 Å². The van der Waals surface area contributed by atoms with Crippen LogP contribution in [0.3, 0.4) is 0 Å². The Balaban J connectivity index is 2.71. The van der Waals surface area contributed by atoms with Gasteiger partial charge >= 0.3 is 0 Å². The molecule has 0 atom stereocenters. The van der Waals surface area contributed by atoms with Gasteiger partial charge in [-0.25, -0.2) is 0 Å². The second-order valence-corrected chi connectivity index (χ2v) is 3.80. The Kier molecular flexibility index (Phi) is 3.08. The van der Waals surface area contributed by atoms with Crippen LogP contribution in [0.5, 0.6) is 0 Å². The van der Waals surface area contributed by atoms with E-state index in [1.807, 2.05) is 50.2 Å². The summed E-state index contributed by atoms with van der Waals surface area (Å²) in [5.74, 6) is 0. The predicted molar refractivity (Wildman–Crippen MR) is 68.0 cm³/mol. The minimum Gasteiger partial charge on any atom is -0.258 e. The third-order valence-corrected chi connectivity index (χ3v) is 2.52. The first-order chi connectivity index (χ1) is 8.22. The minimum atomic E-state index is 0.601. The maximum absolute atomic E-state index is 8.62. The van der Waals surface area contributed by atoms with Crippen LogP contribution in [0.15, 0.2) is 41.5 Å². The third-order valence-electron chi connectivity index (χ3n) is 2.52. The summed E-state index contributed by atoms with van der Waals surface area (Å²) in [6.45, 7) is 3.78. The van der Waals surface area contributed by atoms with Crippen LogP contribution in [0.4, 0.5) is 5.69 Å². The van der Waals surface area contributed by atoms with E-state index in [4.69, 9.17) is 5.53 Å². The molecule has 4 nitrogen and oxygen atoms in total. The highest BCUT2D eigenvalue weighted by Gasteiger charge is 2.08. The van der Waals surface area contributed by atoms with E-state index in [0.29, 0.717) is 5.69 Å². The van der Waals surface area contributed by atoms with Gasteiger partial charge in [0, 0.05) is 16.3 Å². The van der Waals surface area contributed by atoms with Gasteiger partial charge in [0.1, 0.15) is 0 Å². The van der Waals surface area contributed by atoms with Crippen molar-refractivity contribution in [3.63, 3.8) is 0 Å². The molecule has 2 rings (SSSR count). The van der Waals surface area contributed by atoms with Crippen LogP contribution in [0.2, 0.25) is 0 Å². The van der Waals surface area contributed by atoms with Gasteiger partial charge in [-0.2, -0.15) is 0 Å². The standard InChI is InChI=1S/C13H12N4/c1-9-8-12(11-6-4-3-5-7-11)13(16-17-14)10(2)15-9/h3-8H,1-2H3. The zero-order chi connectivity index (χ0) is 12.3. The lowest BCUT2D eigenvalue weighted by Crippen LogP contribution is -1.90. The molecule has 84 valence electrons. The normalized spacial score (nSPS) is 9.76. The summed E-state index contributed by atoms with van der Waals surface area (Å²) in [6.07, 6.45) is 0. The largest absolute Gasteiger partial charge is 0.258 e. The Morgan fingerprint density at radius 2 is 1.88 bits per heavy atom. The van der Waals surface area contributed by atoms with Crippen molar-refractivity contribution in [3.8, 4) is 11.1 Å². The molecule has 1 aromatic heterocycles. The lowest BCUT2D eigenvalue weighted by molar-refractivity contribution is 1.11. The van der Waals surface area contributed by atoms with Gasteiger partial charge in [-0.1, -0.05) is 35.4 Å². The van der Waals surface area contributed by atoms with Gasteiger partial charge in [-0.05, 0) is 36.6 Å². The molecule has 0 saturated heterocycles. The molecule has 4 heteroatoms. The van der Waals surface area contributed by atoms with Crippen molar-refractivity contribution in [3.05, 3.63) is 58.2 Å². The number of hydrogen-bond donors (Lipinski definition) is 0. The molecule has 0 saturated carbocycles. The highest BCUT2D eigenvalue weighted by atomic mass is 15.1. The molecule has 1 aromatic carbocycles. The quantitative estimate of drug-likeness (QED) is 0.426. The first-order valence-electron chi connectivity index (χ1n) is 5.31. The zero-order valence-electron chi connectivity index (χ0n) is 9.75. The molecular weight excluding hydrogens is 212 g/mol. The Bertz CT molecular complexity index is 584. The summed E-state index contributed by atoms with van der Waals surface area (Å²) < 4.78 is 0. The Labute approximate surface area is 99.6 Å². The van der Waals surface area contributed by atoms with Crippen LogP contribution in [0.25, 0.3) is 21.6 Å². The van der Waals surface area contributed by atoms with Gasteiger partial charge in [0.25, 0.3) is 0 Å². The second kappa shape index (κ2) is 4.68. The van der Waals surface area contributed by atoms with Crippen LogP contribution in [-0.4, -0.2) is 4.98 Å². The summed E-state index contributed by atoms with van der Waals surface area (Å²) in [5, 5.41) is 3.74. The number of aryl methyl sites for hydroxylation is 2. The molecule has 0 aliphatic heterocycles. The third kappa shape index (κ3) is 2.27. The summed E-state index contributed by atoms with van der Waals surface area (Å²) in [6, 6.07) is 11.8.